The van der Waals surface area contributed by atoms with Crippen LogP contribution in [0.2, 0.25) is 0 Å². The molecule has 0 atom stereocenters. The summed E-state index contributed by atoms with van der Waals surface area (Å²) >= 11 is 1.86. The van der Waals surface area contributed by atoms with E-state index in [9.17, 15) is 0 Å². The van der Waals surface area contributed by atoms with Gasteiger partial charge >= 0.3 is 0 Å². The Morgan fingerprint density at radius 2 is 2.33 bits per heavy atom. The van der Waals surface area contributed by atoms with Crippen molar-refractivity contribution < 1.29 is 0 Å². The monoisotopic (exact) mass is 266 g/mol. The van der Waals surface area contributed by atoms with Crippen LogP contribution >= 0.6 is 11.8 Å². The zero-order valence-corrected chi connectivity index (χ0v) is 12.0. The van der Waals surface area contributed by atoms with Crippen LogP contribution < -0.4 is 5.32 Å². The zero-order valence-electron chi connectivity index (χ0n) is 11.2. The van der Waals surface area contributed by atoms with Crippen molar-refractivity contribution >= 4 is 16.9 Å². The molecule has 1 aliphatic heterocycles. The molecular formula is C13H22N4S. The predicted molar refractivity (Wildman–Crippen MR) is 78.1 cm³/mol. The van der Waals surface area contributed by atoms with Gasteiger partial charge in [0.2, 0.25) is 0 Å². The van der Waals surface area contributed by atoms with Gasteiger partial charge in [-0.3, -0.25) is 9.67 Å². The molecule has 1 fully saturated rings. The molecule has 4 nitrogen and oxygen atoms in total. The molecular weight excluding hydrogens is 244 g/mol. The maximum absolute atomic E-state index is 4.64. The highest BCUT2D eigenvalue weighted by Crippen LogP contribution is 2.28. The summed E-state index contributed by atoms with van der Waals surface area (Å²) in [5, 5.41) is 8.89. The van der Waals surface area contributed by atoms with Crippen molar-refractivity contribution in [2.75, 3.05) is 12.3 Å². The quantitative estimate of drug-likeness (QED) is 0.805. The molecule has 1 aliphatic rings. The number of thioether (sulfide) groups is 1. The fraction of sp³-hybridized carbons (Fsp3) is 0.692. The number of nitrogens with zero attached hydrogens (tertiary/aromatic N) is 3. The third kappa shape index (κ3) is 3.28. The third-order valence-electron chi connectivity index (χ3n) is 3.57. The fourth-order valence-corrected chi connectivity index (χ4v) is 3.43. The molecule has 5 heteroatoms. The van der Waals surface area contributed by atoms with E-state index in [0.29, 0.717) is 0 Å². The normalized spacial score (nSPS) is 20.2. The average Bonchev–Trinajstić information content (AvgIpc) is 3.05. The van der Waals surface area contributed by atoms with E-state index in [4.69, 9.17) is 0 Å². The first-order valence-corrected chi connectivity index (χ1v) is 7.69. The summed E-state index contributed by atoms with van der Waals surface area (Å²) in [4.78, 5) is 4.64. The molecule has 100 valence electrons. The van der Waals surface area contributed by atoms with Gasteiger partial charge in [-0.25, -0.2) is 0 Å². The van der Waals surface area contributed by atoms with E-state index in [0.717, 1.165) is 30.4 Å². The number of aromatic nitrogens is 2. The van der Waals surface area contributed by atoms with Crippen LogP contribution in [0.1, 0.15) is 33.1 Å². The zero-order chi connectivity index (χ0) is 12.8. The smallest absolute Gasteiger partial charge is 0.157 e. The second-order valence-corrected chi connectivity index (χ2v) is 5.67. The van der Waals surface area contributed by atoms with E-state index in [-0.39, 0.29) is 5.54 Å². The third-order valence-corrected chi connectivity index (χ3v) is 4.77. The van der Waals surface area contributed by atoms with Gasteiger partial charge in [0.1, 0.15) is 0 Å². The molecule has 1 N–H and O–H groups in total. The van der Waals surface area contributed by atoms with Crippen molar-refractivity contribution in [3.05, 3.63) is 18.5 Å². The molecule has 0 unspecified atom stereocenters. The number of nitrogens with one attached hydrogen (secondary N) is 1. The van der Waals surface area contributed by atoms with Crippen LogP contribution in [0, 0.1) is 0 Å². The number of hydrogen-bond donors (Lipinski definition) is 1. The van der Waals surface area contributed by atoms with Crippen molar-refractivity contribution in [1.29, 1.82) is 0 Å². The maximum Gasteiger partial charge on any atom is 0.157 e. The van der Waals surface area contributed by atoms with Crippen molar-refractivity contribution in [3.63, 3.8) is 0 Å². The predicted octanol–water partition coefficient (Wildman–Crippen LogP) is 2.52. The van der Waals surface area contributed by atoms with E-state index in [1.807, 2.05) is 34.9 Å². The lowest BCUT2D eigenvalue weighted by Crippen LogP contribution is -2.42. The van der Waals surface area contributed by atoms with Gasteiger partial charge in [-0.1, -0.05) is 25.6 Å². The average molecular weight is 266 g/mol. The molecule has 0 spiro atoms. The number of amidine groups is 1. The topological polar surface area (TPSA) is 42.2 Å². The first kappa shape index (κ1) is 13.5. The minimum atomic E-state index is 0.283. The molecule has 1 saturated heterocycles. The SMILES string of the molecule is CCC1(CC)CSC(=NCCCn2cccn2)N1. The molecule has 0 radical (unpaired) electrons. The van der Waals surface area contributed by atoms with E-state index >= 15 is 0 Å². The lowest BCUT2D eigenvalue weighted by atomic mass is 9.96. The summed E-state index contributed by atoms with van der Waals surface area (Å²) in [6, 6.07) is 1.96. The summed E-state index contributed by atoms with van der Waals surface area (Å²) in [6.07, 6.45) is 7.19. The van der Waals surface area contributed by atoms with Gasteiger partial charge in [0.05, 0.1) is 0 Å². The Hall–Kier alpha value is -0.970. The summed E-state index contributed by atoms with van der Waals surface area (Å²) < 4.78 is 1.96. The van der Waals surface area contributed by atoms with Crippen LogP contribution in [-0.2, 0) is 6.54 Å². The van der Waals surface area contributed by atoms with E-state index in [1.165, 1.54) is 12.8 Å². The second-order valence-electron chi connectivity index (χ2n) is 4.71. The van der Waals surface area contributed by atoms with Gasteiger partial charge < -0.3 is 5.32 Å². The first-order chi connectivity index (χ1) is 8.78. The van der Waals surface area contributed by atoms with Crippen LogP contribution in [0.25, 0.3) is 0 Å². The molecule has 0 aliphatic carbocycles. The molecule has 2 heterocycles. The van der Waals surface area contributed by atoms with Crippen LogP contribution in [0.15, 0.2) is 23.5 Å². The van der Waals surface area contributed by atoms with E-state index in [1.54, 1.807) is 0 Å². The summed E-state index contributed by atoms with van der Waals surface area (Å²) in [5.74, 6) is 1.15. The standard InChI is InChI=1S/C13H22N4S/c1-3-13(4-2)11-18-12(16-13)14-7-5-9-17-10-6-8-15-17/h6,8,10H,3-5,7,9,11H2,1-2H3,(H,14,16). The number of hydrogen-bond acceptors (Lipinski definition) is 3. The van der Waals surface area contributed by atoms with Crippen LogP contribution in [0.5, 0.6) is 0 Å². The summed E-state index contributed by atoms with van der Waals surface area (Å²) in [7, 11) is 0. The Kier molecular flexibility index (Phi) is 4.69. The molecule has 1 aromatic rings. The van der Waals surface area contributed by atoms with Gasteiger partial charge in [-0.05, 0) is 25.3 Å². The Bertz CT molecular complexity index is 382. The highest BCUT2D eigenvalue weighted by atomic mass is 32.2. The van der Waals surface area contributed by atoms with Gasteiger partial charge in [0, 0.05) is 36.8 Å². The second kappa shape index (κ2) is 6.27. The minimum Gasteiger partial charge on any atom is -0.359 e. The molecule has 18 heavy (non-hydrogen) atoms. The lowest BCUT2D eigenvalue weighted by Gasteiger charge is -2.25. The van der Waals surface area contributed by atoms with E-state index in [2.05, 4.69) is 29.3 Å². The maximum atomic E-state index is 4.64. The van der Waals surface area contributed by atoms with Crippen molar-refractivity contribution in [1.82, 2.24) is 15.1 Å². The Morgan fingerprint density at radius 3 is 2.94 bits per heavy atom. The lowest BCUT2D eigenvalue weighted by molar-refractivity contribution is 0.407. The number of rotatable bonds is 6. The Labute approximate surface area is 113 Å². The molecule has 1 aromatic heterocycles. The fourth-order valence-electron chi connectivity index (χ4n) is 2.07. The molecule has 0 bridgehead atoms. The minimum absolute atomic E-state index is 0.283. The van der Waals surface area contributed by atoms with Gasteiger partial charge in [-0.2, -0.15) is 5.10 Å². The van der Waals surface area contributed by atoms with Gasteiger partial charge in [0.15, 0.2) is 5.17 Å². The van der Waals surface area contributed by atoms with E-state index < -0.39 is 0 Å². The number of aryl methyl sites for hydroxylation is 1. The van der Waals surface area contributed by atoms with Gasteiger partial charge in [-0.15, -0.1) is 0 Å². The van der Waals surface area contributed by atoms with Gasteiger partial charge in [0.25, 0.3) is 0 Å². The number of aliphatic imine (C=N–C) groups is 1. The Morgan fingerprint density at radius 1 is 1.50 bits per heavy atom. The largest absolute Gasteiger partial charge is 0.359 e. The highest BCUT2D eigenvalue weighted by molar-refractivity contribution is 8.14. The van der Waals surface area contributed by atoms with Crippen molar-refractivity contribution in [2.24, 2.45) is 4.99 Å². The molecule has 2 rings (SSSR count). The Balaban J connectivity index is 1.74. The molecule has 0 saturated carbocycles. The van der Waals surface area contributed by atoms with Crippen molar-refractivity contribution in [2.45, 2.75) is 45.2 Å². The summed E-state index contributed by atoms with van der Waals surface area (Å²) in [6.45, 7) is 6.31. The van der Waals surface area contributed by atoms with Crippen LogP contribution in [-0.4, -0.2) is 32.8 Å². The first-order valence-electron chi connectivity index (χ1n) is 6.71. The highest BCUT2D eigenvalue weighted by Gasteiger charge is 2.33. The molecule has 0 amide bonds. The summed E-state index contributed by atoms with van der Waals surface area (Å²) in [5.41, 5.74) is 0.283. The van der Waals surface area contributed by atoms with Crippen LogP contribution in [0.3, 0.4) is 0 Å². The molecule has 0 aromatic carbocycles. The van der Waals surface area contributed by atoms with Crippen molar-refractivity contribution in [3.8, 4) is 0 Å². The van der Waals surface area contributed by atoms with Crippen LogP contribution in [0.4, 0.5) is 0 Å².